The Morgan fingerprint density at radius 1 is 1.56 bits per heavy atom. The average Bonchev–Trinajstić information content (AvgIpc) is 2.97. The molecule has 0 bridgehead atoms. The minimum absolute atomic E-state index is 0.354. The first-order valence-corrected chi connectivity index (χ1v) is 7.37. The maximum atomic E-state index is 12.0. The molecule has 0 radical (unpaired) electrons. The topological polar surface area (TPSA) is 75.6 Å². The Morgan fingerprint density at radius 2 is 2.33 bits per heavy atom. The van der Waals surface area contributed by atoms with Crippen molar-refractivity contribution in [1.29, 1.82) is 0 Å². The van der Waals surface area contributed by atoms with Crippen molar-refractivity contribution in [2.45, 2.75) is 12.0 Å². The molecule has 0 saturated carbocycles. The molecular formula is C11H13NO4S2. The molecule has 1 saturated heterocycles. The summed E-state index contributed by atoms with van der Waals surface area (Å²) < 4.78 is 5.00. The van der Waals surface area contributed by atoms with Crippen molar-refractivity contribution in [2.24, 2.45) is 0 Å². The summed E-state index contributed by atoms with van der Waals surface area (Å²) in [6, 6.07) is 1.61. The summed E-state index contributed by atoms with van der Waals surface area (Å²) in [6.45, 7) is 0. The Hall–Kier alpha value is -1.21. The number of rotatable bonds is 4. The third kappa shape index (κ3) is 2.46. The van der Waals surface area contributed by atoms with Crippen LogP contribution in [0.2, 0.25) is 0 Å². The van der Waals surface area contributed by atoms with E-state index in [9.17, 15) is 14.7 Å². The quantitative estimate of drug-likeness (QED) is 0.876. The molecule has 1 fully saturated rings. The number of aliphatic carboxylic acids is 1. The van der Waals surface area contributed by atoms with E-state index in [0.717, 1.165) is 5.75 Å². The van der Waals surface area contributed by atoms with Crippen LogP contribution in [0.15, 0.2) is 11.4 Å². The first kappa shape index (κ1) is 13.2. The van der Waals surface area contributed by atoms with Gasteiger partial charge in [0.1, 0.15) is 11.3 Å². The van der Waals surface area contributed by atoms with Crippen molar-refractivity contribution in [3.63, 3.8) is 0 Å². The van der Waals surface area contributed by atoms with Gasteiger partial charge in [0.2, 0.25) is 0 Å². The Bertz CT molecular complexity index is 465. The first-order valence-electron chi connectivity index (χ1n) is 5.33. The maximum absolute atomic E-state index is 12.0. The van der Waals surface area contributed by atoms with Crippen LogP contribution in [0.25, 0.3) is 0 Å². The molecule has 2 heterocycles. The second-order valence-corrected chi connectivity index (χ2v) is 6.01. The van der Waals surface area contributed by atoms with Crippen molar-refractivity contribution in [3.8, 4) is 5.75 Å². The Balaban J connectivity index is 2.12. The van der Waals surface area contributed by atoms with E-state index in [4.69, 9.17) is 4.74 Å². The molecule has 2 rings (SSSR count). The number of nitrogens with one attached hydrogen (secondary N) is 1. The molecule has 1 aromatic heterocycles. The van der Waals surface area contributed by atoms with Gasteiger partial charge in [0.15, 0.2) is 0 Å². The van der Waals surface area contributed by atoms with Gasteiger partial charge in [-0.3, -0.25) is 4.79 Å². The molecule has 1 aromatic rings. The normalized spacial score (nSPS) is 22.7. The van der Waals surface area contributed by atoms with Crippen LogP contribution in [0.3, 0.4) is 0 Å². The van der Waals surface area contributed by atoms with Crippen LogP contribution in [-0.4, -0.2) is 41.1 Å². The molecule has 18 heavy (non-hydrogen) atoms. The van der Waals surface area contributed by atoms with E-state index in [1.54, 1.807) is 11.4 Å². The average molecular weight is 287 g/mol. The molecule has 1 unspecified atom stereocenters. The van der Waals surface area contributed by atoms with Gasteiger partial charge in [0.05, 0.1) is 12.0 Å². The predicted molar refractivity (Wildman–Crippen MR) is 70.6 cm³/mol. The molecule has 0 aliphatic carbocycles. The molecule has 1 aliphatic rings. The van der Waals surface area contributed by atoms with E-state index in [1.165, 1.54) is 30.2 Å². The number of thiophene rings is 1. The highest BCUT2D eigenvalue weighted by molar-refractivity contribution is 7.99. The van der Waals surface area contributed by atoms with Crippen LogP contribution in [0, 0.1) is 0 Å². The van der Waals surface area contributed by atoms with Crippen molar-refractivity contribution in [1.82, 2.24) is 5.32 Å². The van der Waals surface area contributed by atoms with Crippen LogP contribution in [0.4, 0.5) is 0 Å². The van der Waals surface area contributed by atoms with E-state index in [-0.39, 0.29) is 5.91 Å². The lowest BCUT2D eigenvalue weighted by Gasteiger charge is -2.24. The zero-order valence-corrected chi connectivity index (χ0v) is 11.4. The van der Waals surface area contributed by atoms with Crippen LogP contribution >= 0.6 is 23.1 Å². The fourth-order valence-corrected chi connectivity index (χ4v) is 3.78. The monoisotopic (exact) mass is 287 g/mol. The standard InChI is InChI=1S/C11H13NO4S2/c1-16-7-4-8(18-5-7)9(13)12-11(10(14)15)2-3-17-6-11/h4-5H,2-3,6H2,1H3,(H,12,13)(H,14,15). The molecule has 0 aromatic carbocycles. The van der Waals surface area contributed by atoms with E-state index in [0.29, 0.717) is 22.8 Å². The summed E-state index contributed by atoms with van der Waals surface area (Å²) in [5.41, 5.74) is -1.13. The minimum atomic E-state index is -1.13. The number of ether oxygens (including phenoxy) is 1. The number of methoxy groups -OCH3 is 1. The maximum Gasteiger partial charge on any atom is 0.330 e. The smallest absolute Gasteiger partial charge is 0.330 e. The van der Waals surface area contributed by atoms with Gasteiger partial charge in [-0.1, -0.05) is 0 Å². The van der Waals surface area contributed by atoms with E-state index in [2.05, 4.69) is 5.32 Å². The lowest BCUT2D eigenvalue weighted by molar-refractivity contribution is -0.143. The zero-order chi connectivity index (χ0) is 13.2. The summed E-state index contributed by atoms with van der Waals surface area (Å²) in [5, 5.41) is 13.6. The second-order valence-electron chi connectivity index (χ2n) is 3.99. The lowest BCUT2D eigenvalue weighted by atomic mass is 9.99. The first-order chi connectivity index (χ1) is 8.57. The van der Waals surface area contributed by atoms with Crippen LogP contribution in [-0.2, 0) is 4.79 Å². The molecule has 1 aliphatic heterocycles. The SMILES string of the molecule is COc1csc(C(=O)NC2(C(=O)O)CCSC2)c1. The van der Waals surface area contributed by atoms with Crippen molar-refractivity contribution >= 4 is 35.0 Å². The summed E-state index contributed by atoms with van der Waals surface area (Å²) in [5.74, 6) is 0.449. The predicted octanol–water partition coefficient (Wildman–Crippen LogP) is 1.45. The number of hydrogen-bond donors (Lipinski definition) is 2. The highest BCUT2D eigenvalue weighted by Gasteiger charge is 2.43. The third-order valence-electron chi connectivity index (χ3n) is 2.82. The van der Waals surface area contributed by atoms with Crippen molar-refractivity contribution in [2.75, 3.05) is 18.6 Å². The van der Waals surface area contributed by atoms with Gasteiger partial charge < -0.3 is 15.2 Å². The van der Waals surface area contributed by atoms with Gasteiger partial charge in [-0.15, -0.1) is 11.3 Å². The summed E-state index contributed by atoms with van der Waals surface area (Å²) in [6.07, 6.45) is 0.460. The van der Waals surface area contributed by atoms with Gasteiger partial charge in [0, 0.05) is 17.2 Å². The van der Waals surface area contributed by atoms with E-state index in [1.807, 2.05) is 0 Å². The third-order valence-corrected chi connectivity index (χ3v) is 4.92. The number of thioether (sulfide) groups is 1. The molecule has 2 N–H and O–H groups in total. The Kier molecular flexibility index (Phi) is 3.82. The van der Waals surface area contributed by atoms with Crippen LogP contribution in [0.1, 0.15) is 16.1 Å². The number of carboxylic acids is 1. The fourth-order valence-electron chi connectivity index (χ4n) is 1.71. The minimum Gasteiger partial charge on any atom is -0.496 e. The van der Waals surface area contributed by atoms with Crippen LogP contribution < -0.4 is 10.1 Å². The molecule has 5 nitrogen and oxygen atoms in total. The van der Waals surface area contributed by atoms with Crippen LogP contribution in [0.5, 0.6) is 5.75 Å². The van der Waals surface area contributed by atoms with Gasteiger partial charge in [-0.2, -0.15) is 11.8 Å². The van der Waals surface area contributed by atoms with Crippen molar-refractivity contribution < 1.29 is 19.4 Å². The van der Waals surface area contributed by atoms with Gasteiger partial charge >= 0.3 is 5.97 Å². The fraction of sp³-hybridized carbons (Fsp3) is 0.455. The summed E-state index contributed by atoms with van der Waals surface area (Å²) >= 11 is 2.78. The number of amides is 1. The Labute approximate surface area is 113 Å². The van der Waals surface area contributed by atoms with Gasteiger partial charge in [0.25, 0.3) is 5.91 Å². The molecular weight excluding hydrogens is 274 g/mol. The molecule has 1 amide bonds. The highest BCUT2D eigenvalue weighted by atomic mass is 32.2. The second kappa shape index (κ2) is 5.19. The number of carboxylic acid groups (broad SMARTS) is 1. The largest absolute Gasteiger partial charge is 0.496 e. The van der Waals surface area contributed by atoms with Gasteiger partial charge in [-0.25, -0.2) is 4.79 Å². The molecule has 98 valence electrons. The molecule has 1 atom stereocenters. The summed E-state index contributed by atoms with van der Waals surface area (Å²) in [7, 11) is 1.52. The zero-order valence-electron chi connectivity index (χ0n) is 9.76. The number of carbonyl (C=O) groups excluding carboxylic acids is 1. The van der Waals surface area contributed by atoms with E-state index < -0.39 is 11.5 Å². The lowest BCUT2D eigenvalue weighted by Crippen LogP contribution is -2.54. The van der Waals surface area contributed by atoms with Gasteiger partial charge in [-0.05, 0) is 12.2 Å². The molecule has 7 heteroatoms. The Morgan fingerprint density at radius 3 is 2.83 bits per heavy atom. The highest BCUT2D eigenvalue weighted by Crippen LogP contribution is 2.29. The van der Waals surface area contributed by atoms with Crippen molar-refractivity contribution in [3.05, 3.63) is 16.3 Å². The number of hydrogen-bond acceptors (Lipinski definition) is 5. The van der Waals surface area contributed by atoms with E-state index >= 15 is 0 Å². The molecule has 0 spiro atoms. The number of carbonyl (C=O) groups is 2. The summed E-state index contributed by atoms with van der Waals surface area (Å²) in [4.78, 5) is 23.8.